The number of rotatable bonds is 6. The lowest BCUT2D eigenvalue weighted by atomic mass is 9.82. The maximum Gasteiger partial charge on any atom is 0.0562 e. The summed E-state index contributed by atoms with van der Waals surface area (Å²) in [4.78, 5) is 2.44. The van der Waals surface area contributed by atoms with Gasteiger partial charge in [-0.15, -0.1) is 0 Å². The molecular formula is C55H40N2. The molecule has 1 aromatic heterocycles. The van der Waals surface area contributed by atoms with Gasteiger partial charge in [0.1, 0.15) is 0 Å². The molecule has 0 fully saturated rings. The molecule has 9 aromatic carbocycles. The highest BCUT2D eigenvalue weighted by atomic mass is 15.1. The molecule has 0 atom stereocenters. The van der Waals surface area contributed by atoms with Crippen LogP contribution in [0.25, 0.3) is 71.6 Å². The second-order valence-corrected chi connectivity index (χ2v) is 15.7. The third kappa shape index (κ3) is 5.25. The molecule has 0 N–H and O–H groups in total. The molecule has 0 saturated carbocycles. The number of benzene rings is 9. The van der Waals surface area contributed by atoms with Crippen molar-refractivity contribution in [3.63, 3.8) is 0 Å². The Hall–Kier alpha value is -7.16. The third-order valence-corrected chi connectivity index (χ3v) is 12.2. The van der Waals surface area contributed by atoms with Crippen molar-refractivity contribution in [2.45, 2.75) is 19.3 Å². The number of nitrogens with zero attached hydrogens (tertiary/aromatic N) is 2. The van der Waals surface area contributed by atoms with Gasteiger partial charge in [0.15, 0.2) is 0 Å². The Morgan fingerprint density at radius 1 is 0.386 bits per heavy atom. The van der Waals surface area contributed by atoms with E-state index in [9.17, 15) is 0 Å². The monoisotopic (exact) mass is 728 g/mol. The van der Waals surface area contributed by atoms with Crippen LogP contribution in [0.5, 0.6) is 0 Å². The molecule has 0 spiro atoms. The van der Waals surface area contributed by atoms with Crippen LogP contribution < -0.4 is 4.90 Å². The zero-order valence-electron chi connectivity index (χ0n) is 32.0. The Labute approximate surface area is 333 Å². The van der Waals surface area contributed by atoms with Crippen molar-refractivity contribution in [3.05, 3.63) is 217 Å². The first kappa shape index (κ1) is 33.2. The molecule has 1 aliphatic carbocycles. The summed E-state index contributed by atoms with van der Waals surface area (Å²) in [7, 11) is 0. The van der Waals surface area contributed by atoms with Crippen molar-refractivity contribution in [2.75, 3.05) is 4.90 Å². The predicted molar refractivity (Wildman–Crippen MR) is 241 cm³/mol. The van der Waals surface area contributed by atoms with Crippen molar-refractivity contribution in [2.24, 2.45) is 0 Å². The van der Waals surface area contributed by atoms with Gasteiger partial charge in [-0.3, -0.25) is 0 Å². The lowest BCUT2D eigenvalue weighted by Gasteiger charge is -2.28. The largest absolute Gasteiger partial charge is 0.310 e. The van der Waals surface area contributed by atoms with Gasteiger partial charge in [-0.25, -0.2) is 0 Å². The summed E-state index contributed by atoms with van der Waals surface area (Å²) in [6.45, 7) is 4.72. The molecule has 1 heterocycles. The van der Waals surface area contributed by atoms with Crippen LogP contribution in [0.4, 0.5) is 17.1 Å². The van der Waals surface area contributed by atoms with Crippen LogP contribution >= 0.6 is 0 Å². The van der Waals surface area contributed by atoms with Gasteiger partial charge < -0.3 is 9.47 Å². The number of fused-ring (bicyclic) bond motifs is 7. The minimum atomic E-state index is -0.119. The van der Waals surface area contributed by atoms with Crippen LogP contribution in [0.15, 0.2) is 206 Å². The highest BCUT2D eigenvalue weighted by Crippen LogP contribution is 2.51. The van der Waals surface area contributed by atoms with Crippen LogP contribution in [0.3, 0.4) is 0 Å². The minimum absolute atomic E-state index is 0.119. The Bertz CT molecular complexity index is 3130. The highest BCUT2D eigenvalue weighted by Gasteiger charge is 2.35. The number of hydrogen-bond donors (Lipinski definition) is 0. The number of anilines is 3. The van der Waals surface area contributed by atoms with Gasteiger partial charge in [0.25, 0.3) is 0 Å². The van der Waals surface area contributed by atoms with Crippen LogP contribution in [-0.2, 0) is 5.41 Å². The summed E-state index contributed by atoms with van der Waals surface area (Å²) in [5.41, 5.74) is 17.0. The molecule has 0 unspecified atom stereocenters. The SMILES string of the molecule is CC1(C)c2ccccc2-c2ccc(N(c3ccc(-c4ccccc4)cc3)c3ccc4c5c(-c6cccc7ccccc67)cccc5n(-c5ccccc5)c4c3)cc21. The van der Waals surface area contributed by atoms with Crippen molar-refractivity contribution < 1.29 is 0 Å². The van der Waals surface area contributed by atoms with E-state index in [1.807, 2.05) is 0 Å². The van der Waals surface area contributed by atoms with E-state index in [4.69, 9.17) is 0 Å². The molecule has 11 rings (SSSR count). The molecule has 0 bridgehead atoms. The Morgan fingerprint density at radius 2 is 0.982 bits per heavy atom. The van der Waals surface area contributed by atoms with E-state index in [0.717, 1.165) is 22.7 Å². The van der Waals surface area contributed by atoms with Gasteiger partial charge in [0.05, 0.1) is 11.0 Å². The van der Waals surface area contributed by atoms with E-state index in [1.54, 1.807) is 0 Å². The highest BCUT2D eigenvalue weighted by molar-refractivity contribution is 6.18. The fourth-order valence-corrected chi connectivity index (χ4v) is 9.45. The van der Waals surface area contributed by atoms with Gasteiger partial charge in [-0.1, -0.05) is 166 Å². The topological polar surface area (TPSA) is 8.17 Å². The Kier molecular flexibility index (Phi) is 7.55. The van der Waals surface area contributed by atoms with Gasteiger partial charge in [-0.05, 0) is 110 Å². The fourth-order valence-electron chi connectivity index (χ4n) is 9.45. The maximum absolute atomic E-state index is 2.45. The van der Waals surface area contributed by atoms with Crippen LogP contribution in [0.1, 0.15) is 25.0 Å². The molecule has 270 valence electrons. The van der Waals surface area contributed by atoms with Crippen molar-refractivity contribution in [1.82, 2.24) is 4.57 Å². The van der Waals surface area contributed by atoms with E-state index >= 15 is 0 Å². The van der Waals surface area contributed by atoms with Crippen molar-refractivity contribution in [1.29, 1.82) is 0 Å². The summed E-state index contributed by atoms with van der Waals surface area (Å²) < 4.78 is 2.45. The van der Waals surface area contributed by atoms with E-state index < -0.39 is 0 Å². The van der Waals surface area contributed by atoms with Gasteiger partial charge >= 0.3 is 0 Å². The normalized spacial score (nSPS) is 12.9. The first-order chi connectivity index (χ1) is 28.0. The van der Waals surface area contributed by atoms with E-state index in [1.165, 1.54) is 77.1 Å². The molecule has 1 aliphatic rings. The average molecular weight is 729 g/mol. The second kappa shape index (κ2) is 13.0. The third-order valence-electron chi connectivity index (χ3n) is 12.2. The van der Waals surface area contributed by atoms with E-state index in [2.05, 4.69) is 230 Å². The maximum atomic E-state index is 2.45. The summed E-state index contributed by atoms with van der Waals surface area (Å²) in [5.74, 6) is 0. The van der Waals surface area contributed by atoms with Crippen molar-refractivity contribution in [3.8, 4) is 39.1 Å². The van der Waals surface area contributed by atoms with Gasteiger partial charge in [0, 0.05) is 38.9 Å². The van der Waals surface area contributed by atoms with E-state index in [-0.39, 0.29) is 5.41 Å². The van der Waals surface area contributed by atoms with Gasteiger partial charge in [-0.2, -0.15) is 0 Å². The number of aromatic nitrogens is 1. The smallest absolute Gasteiger partial charge is 0.0562 e. The number of para-hydroxylation sites is 1. The first-order valence-electron chi connectivity index (χ1n) is 19.9. The van der Waals surface area contributed by atoms with Gasteiger partial charge in [0.2, 0.25) is 0 Å². The van der Waals surface area contributed by atoms with Crippen LogP contribution in [0.2, 0.25) is 0 Å². The molecule has 0 aliphatic heterocycles. The molecule has 57 heavy (non-hydrogen) atoms. The molecule has 0 radical (unpaired) electrons. The quantitative estimate of drug-likeness (QED) is 0.165. The average Bonchev–Trinajstić information content (AvgIpc) is 3.72. The molecule has 2 nitrogen and oxygen atoms in total. The summed E-state index contributed by atoms with van der Waals surface area (Å²) >= 11 is 0. The molecule has 2 heteroatoms. The zero-order chi connectivity index (χ0) is 38.1. The standard InChI is InChI=1S/C55H40N2/c1-55(2)50-25-12-11-22-46(50)47-33-31-42(35-51(47)55)56(41-29-27-38(28-30-41)37-15-5-3-6-16-37)43-32-34-49-53(36-43)57(40-19-7-4-8-20-40)52-26-14-24-48(54(49)52)45-23-13-18-39-17-9-10-21-44(39)45/h3-36H,1-2H3. The van der Waals surface area contributed by atoms with E-state index in [0.29, 0.717) is 0 Å². The number of hydrogen-bond acceptors (Lipinski definition) is 1. The van der Waals surface area contributed by atoms with Crippen LogP contribution in [0, 0.1) is 0 Å². The lowest BCUT2D eigenvalue weighted by Crippen LogP contribution is -2.16. The summed E-state index contributed by atoms with van der Waals surface area (Å²) in [5, 5.41) is 4.99. The summed E-state index contributed by atoms with van der Waals surface area (Å²) in [6.07, 6.45) is 0. The molecular weight excluding hydrogens is 689 g/mol. The molecule has 0 saturated heterocycles. The Morgan fingerprint density at radius 3 is 1.82 bits per heavy atom. The van der Waals surface area contributed by atoms with Crippen LogP contribution in [-0.4, -0.2) is 4.57 Å². The lowest BCUT2D eigenvalue weighted by molar-refractivity contribution is 0.660. The fraction of sp³-hybridized carbons (Fsp3) is 0.0545. The molecule has 10 aromatic rings. The zero-order valence-corrected chi connectivity index (χ0v) is 32.0. The second-order valence-electron chi connectivity index (χ2n) is 15.7. The first-order valence-corrected chi connectivity index (χ1v) is 19.9. The Balaban J connectivity index is 1.16. The van der Waals surface area contributed by atoms with Crippen molar-refractivity contribution >= 4 is 49.6 Å². The minimum Gasteiger partial charge on any atom is -0.310 e. The molecule has 0 amide bonds. The predicted octanol–water partition coefficient (Wildman–Crippen LogP) is 15.0. The summed E-state index contributed by atoms with van der Waals surface area (Å²) in [6, 6.07) is 75.6.